The summed E-state index contributed by atoms with van der Waals surface area (Å²) < 4.78 is 78.4. The van der Waals surface area contributed by atoms with Gasteiger partial charge in [0.25, 0.3) is 6.47 Å². The Kier molecular flexibility index (Phi) is 17.6. The molecule has 0 amide bonds. The lowest BCUT2D eigenvalue weighted by Gasteiger charge is -2.35. The standard InChI is InChI=1S/C54H58Cl2F2N6O9S/c1-33-44-34(2)48(56)49(47(33)55)72-41(27-64-19-17-63(3)18-20-64)29-69-40-9-10-42(70-28-39-13-16-59-51(62-39)36-11-14-54(58,15-12-36)30-68-24-23-67-22-21-66-4)37(25-40)26-43(71-32-65)73-52-46-45(44)50(74-53(46)61-31-60-52)35-5-7-38(57)8-6-35/h5-11,13,16,25,31-32,41,43H,12,14-15,17-24,26-30H2,1-4H3/t41-,43-,54+/m1/s1. The summed E-state index contributed by atoms with van der Waals surface area (Å²) in [6.45, 7) is 9.81. The Morgan fingerprint density at radius 2 is 1.70 bits per heavy atom. The van der Waals surface area contributed by atoms with Crippen LogP contribution in [-0.4, -0.2) is 141 Å². The number of carbonyl (C=O) groups is 1. The van der Waals surface area contributed by atoms with Crippen LogP contribution in [0.15, 0.2) is 67.1 Å². The molecule has 1 fully saturated rings. The molecule has 6 heterocycles. The molecule has 1 aliphatic carbocycles. The lowest BCUT2D eigenvalue weighted by atomic mass is 9.87. The van der Waals surface area contributed by atoms with Crippen LogP contribution in [0.25, 0.3) is 37.4 Å². The summed E-state index contributed by atoms with van der Waals surface area (Å²) in [7, 11) is 3.71. The monoisotopic (exact) mass is 1070 g/mol. The number of hydrogen-bond acceptors (Lipinski definition) is 16. The zero-order valence-corrected chi connectivity index (χ0v) is 44.0. The SMILES string of the molecule is COCCOCCOC[C@]1(F)CC=C(c2nccc(COc3ccc4cc3C[C@H](OC=O)Oc3ncnc5sc(-c6ccc(F)cc6)c(c35)-c3c(C)c(Cl)c(c(Cl)c3C)O[C@H](CN3CCN(C)CC3)CO4)n2)CC1. The Hall–Kier alpha value is -5.57. The van der Waals surface area contributed by atoms with E-state index < -0.39 is 23.9 Å². The predicted molar refractivity (Wildman–Crippen MR) is 279 cm³/mol. The van der Waals surface area contributed by atoms with Gasteiger partial charge in [0.15, 0.2) is 11.6 Å². The summed E-state index contributed by atoms with van der Waals surface area (Å²) in [4.78, 5) is 36.9. The van der Waals surface area contributed by atoms with Gasteiger partial charge >= 0.3 is 0 Å². The van der Waals surface area contributed by atoms with Crippen LogP contribution in [0.2, 0.25) is 10.0 Å². The molecule has 0 unspecified atom stereocenters. The third kappa shape index (κ3) is 12.6. The second kappa shape index (κ2) is 24.4. The van der Waals surface area contributed by atoms with Crippen molar-refractivity contribution in [3.05, 3.63) is 111 Å². The van der Waals surface area contributed by atoms with Crippen LogP contribution >= 0.6 is 34.5 Å². The molecule has 4 aliphatic rings. The summed E-state index contributed by atoms with van der Waals surface area (Å²) in [5.41, 5.74) is 3.89. The van der Waals surface area contributed by atoms with E-state index in [0.29, 0.717) is 128 Å². The van der Waals surface area contributed by atoms with Gasteiger partial charge in [-0.15, -0.1) is 11.3 Å². The average Bonchev–Trinajstić information content (AvgIpc) is 3.79. The Balaban J connectivity index is 1.04. The van der Waals surface area contributed by atoms with E-state index in [-0.39, 0.29) is 45.0 Å². The highest BCUT2D eigenvalue weighted by molar-refractivity contribution is 7.22. The maximum atomic E-state index is 15.7. The van der Waals surface area contributed by atoms with E-state index in [0.717, 1.165) is 36.6 Å². The highest BCUT2D eigenvalue weighted by atomic mass is 35.5. The Morgan fingerprint density at radius 3 is 2.45 bits per heavy atom. The first-order chi connectivity index (χ1) is 35.9. The van der Waals surface area contributed by atoms with Crippen molar-refractivity contribution in [2.24, 2.45) is 0 Å². The van der Waals surface area contributed by atoms with Gasteiger partial charge in [-0.2, -0.15) is 0 Å². The molecule has 0 spiro atoms. The lowest BCUT2D eigenvalue weighted by molar-refractivity contribution is -0.147. The smallest absolute Gasteiger partial charge is 0.296 e. The third-order valence-corrected chi connectivity index (χ3v) is 15.4. The van der Waals surface area contributed by atoms with Crippen LogP contribution in [0.1, 0.15) is 47.5 Å². The molecule has 392 valence electrons. The molecule has 3 aromatic heterocycles. The number of rotatable bonds is 17. The summed E-state index contributed by atoms with van der Waals surface area (Å²) >= 11 is 16.1. The Morgan fingerprint density at radius 1 is 0.932 bits per heavy atom. The number of methoxy groups -OCH3 is 1. The number of alkyl halides is 1. The first kappa shape index (κ1) is 53.3. The molecule has 0 saturated carbocycles. The number of piperazine rings is 1. The summed E-state index contributed by atoms with van der Waals surface area (Å²) in [6.07, 6.45) is 3.95. The van der Waals surface area contributed by atoms with Crippen molar-refractivity contribution in [2.75, 3.05) is 86.5 Å². The van der Waals surface area contributed by atoms with Gasteiger partial charge in [-0.3, -0.25) is 9.69 Å². The van der Waals surface area contributed by atoms with E-state index in [2.05, 4.69) is 31.8 Å². The number of nitrogens with zero attached hydrogens (tertiary/aromatic N) is 6. The molecule has 3 aromatic carbocycles. The molecular weight excluding hydrogens is 1020 g/mol. The molecule has 4 bridgehead atoms. The van der Waals surface area contributed by atoms with Gasteiger partial charge in [-0.05, 0) is 98.0 Å². The van der Waals surface area contributed by atoms with Crippen LogP contribution in [0.3, 0.4) is 0 Å². The van der Waals surface area contributed by atoms with Crippen molar-refractivity contribution in [1.82, 2.24) is 29.7 Å². The molecule has 0 radical (unpaired) electrons. The van der Waals surface area contributed by atoms with Crippen molar-refractivity contribution in [3.63, 3.8) is 0 Å². The van der Waals surface area contributed by atoms with E-state index in [1.54, 1.807) is 43.6 Å². The van der Waals surface area contributed by atoms with Crippen molar-refractivity contribution in [2.45, 2.75) is 64.2 Å². The minimum Gasteiger partial charge on any atom is -0.490 e. The third-order valence-electron chi connectivity index (χ3n) is 13.4. The van der Waals surface area contributed by atoms with Crippen LogP contribution in [0.5, 0.6) is 23.1 Å². The van der Waals surface area contributed by atoms with E-state index in [1.165, 1.54) is 29.8 Å². The first-order valence-corrected chi connectivity index (χ1v) is 26.1. The predicted octanol–water partition coefficient (Wildman–Crippen LogP) is 9.92. The van der Waals surface area contributed by atoms with Gasteiger partial charge in [-0.25, -0.2) is 28.7 Å². The summed E-state index contributed by atoms with van der Waals surface area (Å²) in [5, 5.41) is 1.12. The Bertz CT molecular complexity index is 2930. The minimum atomic E-state index is -1.50. The van der Waals surface area contributed by atoms with Crippen LogP contribution in [-0.2, 0) is 36.8 Å². The second-order valence-corrected chi connectivity index (χ2v) is 20.3. The van der Waals surface area contributed by atoms with E-state index in [9.17, 15) is 9.18 Å². The number of fused-ring (bicyclic) bond motifs is 7. The molecule has 10 rings (SSSR count). The number of likely N-dealkylation sites (N-methyl/N-ethyl adjacent to an activating group) is 1. The number of allylic oxidation sites excluding steroid dienone is 2. The lowest BCUT2D eigenvalue weighted by Crippen LogP contribution is -2.49. The fourth-order valence-corrected chi connectivity index (χ4v) is 10.9. The van der Waals surface area contributed by atoms with Gasteiger partial charge in [0.1, 0.15) is 53.5 Å². The second-order valence-electron chi connectivity index (χ2n) is 18.6. The number of carbonyl (C=O) groups excluding carboxylic acids is 1. The quantitative estimate of drug-likeness (QED) is 0.0630. The molecule has 15 nitrogen and oxygen atoms in total. The zero-order chi connectivity index (χ0) is 51.8. The molecule has 74 heavy (non-hydrogen) atoms. The fourth-order valence-electron chi connectivity index (χ4n) is 9.29. The topological polar surface area (TPSA) is 149 Å². The maximum Gasteiger partial charge on any atom is 0.296 e. The van der Waals surface area contributed by atoms with Crippen molar-refractivity contribution >= 4 is 56.8 Å². The molecule has 6 aromatic rings. The van der Waals surface area contributed by atoms with E-state index in [1.807, 2.05) is 26.0 Å². The van der Waals surface area contributed by atoms with Gasteiger partial charge in [0.2, 0.25) is 12.2 Å². The number of hydrogen-bond donors (Lipinski definition) is 0. The molecule has 3 aliphatic heterocycles. The number of halogens is 4. The number of aromatic nitrogens is 4. The largest absolute Gasteiger partial charge is 0.490 e. The van der Waals surface area contributed by atoms with Gasteiger partial charge in [0, 0.05) is 68.5 Å². The summed E-state index contributed by atoms with van der Waals surface area (Å²) in [6, 6.07) is 13.3. The van der Waals surface area contributed by atoms with Crippen molar-refractivity contribution in [3.8, 4) is 44.7 Å². The van der Waals surface area contributed by atoms with Crippen molar-refractivity contribution in [1.29, 1.82) is 0 Å². The highest BCUT2D eigenvalue weighted by Crippen LogP contribution is 2.53. The minimum absolute atomic E-state index is 0.0102. The van der Waals surface area contributed by atoms with Crippen LogP contribution in [0, 0.1) is 19.7 Å². The number of ether oxygens (including phenoxy) is 8. The molecule has 0 N–H and O–H groups in total. The molecule has 3 atom stereocenters. The van der Waals surface area contributed by atoms with Gasteiger partial charge < -0.3 is 42.8 Å². The van der Waals surface area contributed by atoms with Gasteiger partial charge in [-0.1, -0.05) is 41.4 Å². The van der Waals surface area contributed by atoms with Crippen LogP contribution in [0.4, 0.5) is 8.78 Å². The molecule has 20 heteroatoms. The average molecular weight is 1080 g/mol. The molecular formula is C54H58Cl2F2N6O9S. The summed E-state index contributed by atoms with van der Waals surface area (Å²) in [5.74, 6) is 1.47. The van der Waals surface area contributed by atoms with Gasteiger partial charge in [0.05, 0.1) is 60.6 Å². The van der Waals surface area contributed by atoms with E-state index in [4.69, 9.17) is 66.1 Å². The van der Waals surface area contributed by atoms with Crippen molar-refractivity contribution < 1.29 is 51.5 Å². The molecule has 1 saturated heterocycles. The highest BCUT2D eigenvalue weighted by Gasteiger charge is 2.34. The van der Waals surface area contributed by atoms with E-state index >= 15 is 4.39 Å². The number of benzene rings is 3. The number of thiophene rings is 1. The normalized spacial score (nSPS) is 19.5. The Labute approximate surface area is 442 Å². The fraction of sp³-hybridized carbons (Fsp3) is 0.426. The van der Waals surface area contributed by atoms with Crippen LogP contribution < -0.4 is 18.9 Å². The zero-order valence-electron chi connectivity index (χ0n) is 41.7. The maximum absolute atomic E-state index is 15.7. The first-order valence-electron chi connectivity index (χ1n) is 24.5.